The SMILES string of the molecule is CC(c1nn[nH]n1)n1[nH]nnc1=S. The third-order valence-electron chi connectivity index (χ3n) is 1.62. The molecule has 1 unspecified atom stereocenters. The smallest absolute Gasteiger partial charge is 0.232 e. The summed E-state index contributed by atoms with van der Waals surface area (Å²) >= 11 is 4.91. The highest BCUT2D eigenvalue weighted by Gasteiger charge is 2.13. The quantitative estimate of drug-likeness (QED) is 0.628. The summed E-state index contributed by atoms with van der Waals surface area (Å²) < 4.78 is 1.93. The third kappa shape index (κ3) is 1.33. The van der Waals surface area contributed by atoms with Crippen LogP contribution in [0.5, 0.6) is 0 Å². The van der Waals surface area contributed by atoms with Crippen LogP contribution in [0.15, 0.2) is 0 Å². The summed E-state index contributed by atoms with van der Waals surface area (Å²) in [5.41, 5.74) is 0. The van der Waals surface area contributed by atoms with E-state index in [0.29, 0.717) is 10.6 Å². The molecule has 9 heteroatoms. The van der Waals surface area contributed by atoms with Crippen LogP contribution in [0.25, 0.3) is 0 Å². The zero-order valence-electron chi connectivity index (χ0n) is 6.67. The van der Waals surface area contributed by atoms with Gasteiger partial charge in [0.2, 0.25) is 4.77 Å². The lowest BCUT2D eigenvalue weighted by Crippen LogP contribution is -2.10. The normalized spacial score (nSPS) is 13.0. The summed E-state index contributed by atoms with van der Waals surface area (Å²) in [5, 5.41) is 23.3. The van der Waals surface area contributed by atoms with Gasteiger partial charge in [-0.1, -0.05) is 15.5 Å². The highest BCUT2D eigenvalue weighted by atomic mass is 32.1. The predicted molar refractivity (Wildman–Crippen MR) is 43.2 cm³/mol. The number of hydrogen-bond acceptors (Lipinski definition) is 6. The van der Waals surface area contributed by atoms with Crippen molar-refractivity contribution in [3.63, 3.8) is 0 Å². The van der Waals surface area contributed by atoms with E-state index in [-0.39, 0.29) is 6.04 Å². The van der Waals surface area contributed by atoms with Gasteiger partial charge in [0.05, 0.1) is 0 Å². The zero-order chi connectivity index (χ0) is 9.26. The molecule has 0 saturated carbocycles. The molecule has 68 valence electrons. The van der Waals surface area contributed by atoms with Crippen LogP contribution < -0.4 is 0 Å². The Morgan fingerprint density at radius 2 is 2.23 bits per heavy atom. The summed E-state index contributed by atoms with van der Waals surface area (Å²) in [6.07, 6.45) is 0. The van der Waals surface area contributed by atoms with Gasteiger partial charge in [-0.3, -0.25) is 0 Å². The Bertz CT molecular complexity index is 425. The molecule has 0 spiro atoms. The van der Waals surface area contributed by atoms with E-state index in [1.54, 1.807) is 4.68 Å². The van der Waals surface area contributed by atoms with Crippen molar-refractivity contribution >= 4 is 12.2 Å². The standard InChI is InChI=1S/C4H6N8S/c1-2(3-5-8-9-6-3)12-4(13)7-10-11-12/h2H,1H3,(H,7,11,13)(H,5,6,8,9). The number of H-pyrrole nitrogens is 2. The van der Waals surface area contributed by atoms with E-state index in [2.05, 4.69) is 36.1 Å². The Balaban J connectivity index is 2.39. The van der Waals surface area contributed by atoms with Gasteiger partial charge in [-0.25, -0.2) is 4.68 Å². The van der Waals surface area contributed by atoms with Crippen molar-refractivity contribution in [3.8, 4) is 0 Å². The van der Waals surface area contributed by atoms with Crippen molar-refractivity contribution in [2.75, 3.05) is 0 Å². The molecule has 0 aliphatic heterocycles. The largest absolute Gasteiger partial charge is 0.238 e. The summed E-state index contributed by atoms with van der Waals surface area (Å²) in [5.74, 6) is 0.530. The van der Waals surface area contributed by atoms with Gasteiger partial charge in [-0.05, 0) is 19.1 Å². The minimum Gasteiger partial charge on any atom is -0.232 e. The summed E-state index contributed by atoms with van der Waals surface area (Å²) in [4.78, 5) is 0. The fourth-order valence-electron chi connectivity index (χ4n) is 0.919. The first kappa shape index (κ1) is 7.98. The zero-order valence-corrected chi connectivity index (χ0v) is 7.49. The van der Waals surface area contributed by atoms with Crippen LogP contribution in [-0.2, 0) is 0 Å². The van der Waals surface area contributed by atoms with Crippen LogP contribution in [-0.4, -0.2) is 40.8 Å². The number of aromatic nitrogens is 8. The van der Waals surface area contributed by atoms with Gasteiger partial charge >= 0.3 is 0 Å². The maximum atomic E-state index is 4.91. The molecule has 0 saturated heterocycles. The molecule has 2 N–H and O–H groups in total. The summed E-state index contributed by atoms with van der Waals surface area (Å²) in [6, 6.07) is -0.152. The molecule has 1 atom stereocenters. The van der Waals surface area contributed by atoms with Crippen LogP contribution >= 0.6 is 12.2 Å². The van der Waals surface area contributed by atoms with Gasteiger partial charge < -0.3 is 0 Å². The monoisotopic (exact) mass is 198 g/mol. The number of nitrogens with zero attached hydrogens (tertiary/aromatic N) is 6. The van der Waals surface area contributed by atoms with Gasteiger partial charge in [0, 0.05) is 0 Å². The van der Waals surface area contributed by atoms with E-state index < -0.39 is 0 Å². The predicted octanol–water partition coefficient (Wildman–Crippen LogP) is -0.542. The van der Waals surface area contributed by atoms with E-state index in [1.165, 1.54) is 0 Å². The molecule has 0 fully saturated rings. The molecule has 2 aromatic heterocycles. The first-order chi connectivity index (χ1) is 6.29. The lowest BCUT2D eigenvalue weighted by atomic mass is 10.3. The molecule has 0 aliphatic carbocycles. The van der Waals surface area contributed by atoms with Crippen molar-refractivity contribution in [1.29, 1.82) is 0 Å². The Labute approximate surface area is 77.3 Å². The minimum absolute atomic E-state index is 0.152. The van der Waals surface area contributed by atoms with Gasteiger partial charge in [-0.2, -0.15) is 10.4 Å². The van der Waals surface area contributed by atoms with E-state index in [4.69, 9.17) is 12.2 Å². The van der Waals surface area contributed by atoms with Crippen molar-refractivity contribution in [1.82, 2.24) is 40.8 Å². The van der Waals surface area contributed by atoms with E-state index >= 15 is 0 Å². The Hall–Kier alpha value is -1.64. The topological polar surface area (TPSA) is 101 Å². The molecule has 2 aromatic rings. The molecular formula is C4H6N8S. The molecule has 0 aliphatic rings. The summed E-state index contributed by atoms with van der Waals surface area (Å²) in [7, 11) is 0. The van der Waals surface area contributed by atoms with Crippen LogP contribution in [0.2, 0.25) is 0 Å². The first-order valence-electron chi connectivity index (χ1n) is 3.52. The fourth-order valence-corrected chi connectivity index (χ4v) is 1.16. The molecule has 8 nitrogen and oxygen atoms in total. The second-order valence-corrected chi connectivity index (χ2v) is 2.76. The van der Waals surface area contributed by atoms with E-state index in [9.17, 15) is 0 Å². The maximum Gasteiger partial charge on any atom is 0.238 e. The molecule has 2 rings (SSSR count). The third-order valence-corrected chi connectivity index (χ3v) is 1.90. The number of aromatic amines is 2. The highest BCUT2D eigenvalue weighted by molar-refractivity contribution is 7.71. The number of hydrogen-bond donors (Lipinski definition) is 2. The van der Waals surface area contributed by atoms with Crippen LogP contribution in [0.1, 0.15) is 18.8 Å². The van der Waals surface area contributed by atoms with Crippen molar-refractivity contribution in [2.24, 2.45) is 0 Å². The summed E-state index contributed by atoms with van der Waals surface area (Å²) in [6.45, 7) is 1.86. The van der Waals surface area contributed by atoms with Gasteiger partial charge in [0.25, 0.3) is 0 Å². The second-order valence-electron chi connectivity index (χ2n) is 2.40. The van der Waals surface area contributed by atoms with Crippen molar-refractivity contribution < 1.29 is 0 Å². The Morgan fingerprint density at radius 3 is 2.77 bits per heavy atom. The number of nitrogens with one attached hydrogen (secondary N) is 2. The van der Waals surface area contributed by atoms with Crippen LogP contribution in [0.4, 0.5) is 0 Å². The average molecular weight is 198 g/mol. The molecule has 0 radical (unpaired) electrons. The number of rotatable bonds is 2. The van der Waals surface area contributed by atoms with Gasteiger partial charge in [0.15, 0.2) is 5.82 Å². The second kappa shape index (κ2) is 3.01. The molecule has 13 heavy (non-hydrogen) atoms. The molecule has 2 heterocycles. The number of tetrazole rings is 2. The van der Waals surface area contributed by atoms with E-state index in [0.717, 1.165) is 0 Å². The average Bonchev–Trinajstić information content (AvgIpc) is 2.72. The molecular weight excluding hydrogens is 192 g/mol. The fraction of sp³-hybridized carbons (Fsp3) is 0.500. The maximum absolute atomic E-state index is 4.91. The van der Waals surface area contributed by atoms with Gasteiger partial charge in [-0.15, -0.1) is 10.2 Å². The van der Waals surface area contributed by atoms with Crippen molar-refractivity contribution in [2.45, 2.75) is 13.0 Å². The Morgan fingerprint density at radius 1 is 1.38 bits per heavy atom. The molecule has 0 aromatic carbocycles. The minimum atomic E-state index is -0.152. The highest BCUT2D eigenvalue weighted by Crippen LogP contribution is 2.08. The van der Waals surface area contributed by atoms with Gasteiger partial charge in [0.1, 0.15) is 6.04 Å². The lowest BCUT2D eigenvalue weighted by Gasteiger charge is -2.04. The van der Waals surface area contributed by atoms with Crippen molar-refractivity contribution in [3.05, 3.63) is 10.6 Å². The molecule has 0 bridgehead atoms. The molecule has 0 amide bonds. The van der Waals surface area contributed by atoms with E-state index in [1.807, 2.05) is 6.92 Å². The van der Waals surface area contributed by atoms with Crippen LogP contribution in [0.3, 0.4) is 0 Å². The van der Waals surface area contributed by atoms with Crippen LogP contribution in [0, 0.1) is 4.77 Å². The first-order valence-corrected chi connectivity index (χ1v) is 3.93. The lowest BCUT2D eigenvalue weighted by molar-refractivity contribution is 0.513. The Kier molecular flexibility index (Phi) is 1.85.